The van der Waals surface area contributed by atoms with Crippen molar-refractivity contribution in [2.75, 3.05) is 47.9 Å². The molecule has 134 heavy (non-hydrogen) atoms. The third kappa shape index (κ3) is 31.5. The number of aromatic nitrogens is 10. The van der Waals surface area contributed by atoms with Gasteiger partial charge in [0.1, 0.15) is 16.8 Å². The number of benzene rings is 7. The lowest BCUT2D eigenvalue weighted by Gasteiger charge is -2.25. The summed E-state index contributed by atoms with van der Waals surface area (Å²) in [7, 11) is 0. The van der Waals surface area contributed by atoms with Crippen molar-refractivity contribution in [3.63, 3.8) is 0 Å². The molecule has 13 rings (SSSR count). The van der Waals surface area contributed by atoms with Crippen LogP contribution in [0.1, 0.15) is 236 Å². The van der Waals surface area contributed by atoms with Crippen molar-refractivity contribution in [1.29, 1.82) is 0 Å². The molecule has 0 fully saturated rings. The van der Waals surface area contributed by atoms with Crippen molar-refractivity contribution >= 4 is 151 Å². The highest BCUT2D eigenvalue weighted by Crippen LogP contribution is 2.37. The second kappa shape index (κ2) is 50.8. The Balaban J connectivity index is 0.000000244. The number of hydrogen-bond donors (Lipinski definition) is 11. The Hall–Kier alpha value is -12.1. The van der Waals surface area contributed by atoms with Crippen molar-refractivity contribution < 1.29 is 9.59 Å². The average Bonchev–Trinajstić information content (AvgIpc) is 1.60. The van der Waals surface area contributed by atoms with Crippen LogP contribution in [-0.4, -0.2) is 85.6 Å². The highest BCUT2D eigenvalue weighted by atomic mass is 127. The fraction of sp³-hybridized carbons (Fsp3) is 0.387. The molecule has 0 unspecified atom stereocenters. The Kier molecular flexibility index (Phi) is 41.9. The van der Waals surface area contributed by atoms with Gasteiger partial charge >= 0.3 is 5.91 Å². The SMILES string of the molecule is CCC(CC)N1C(=O)C(=O)c2c(C)nc(Nc3c(C)cc(C)cc3C)nc21.CCC(CC)Nc1cc(C)nc(Nc2c(C)cc(C)cc2C)n1.CCC(CC)Nc1nc(Nc2c(C)cc(C)cc2C)nc(C)c1I.Cc1cc(C)c(N)c(C)c1.Cc1cc(C)c(N=C(N)N)c(C)c1.Cc1cc(C)c(Nc2nc(C)cc(=O)[nH]2)c(C)c1.Cc1cc(C)c(Nc2nc(C)cc(Cl)n2)c(C)c1.Cl. The highest BCUT2D eigenvalue weighted by Gasteiger charge is 2.42. The Morgan fingerprint density at radius 1 is 0.388 bits per heavy atom. The number of aromatic amines is 1. The van der Waals surface area contributed by atoms with E-state index in [0.29, 0.717) is 69.7 Å². The number of aryl methyl sites for hydroxylation is 26. The number of fused-ring (bicyclic) bond motifs is 1. The lowest BCUT2D eigenvalue weighted by atomic mass is 10.1. The maximum atomic E-state index is 12.6. The molecule has 716 valence electrons. The van der Waals surface area contributed by atoms with E-state index in [-0.39, 0.29) is 30.0 Å². The molecule has 0 saturated heterocycles. The maximum Gasteiger partial charge on any atom is 0.301 e. The van der Waals surface area contributed by atoms with Gasteiger partial charge in [-0.25, -0.2) is 34.9 Å². The van der Waals surface area contributed by atoms with E-state index in [9.17, 15) is 14.4 Å². The van der Waals surface area contributed by atoms with Gasteiger partial charge in [0.05, 0.1) is 26.2 Å². The first-order valence-corrected chi connectivity index (χ1v) is 47.1. The number of carbonyl (C=O) groups is 2. The molecule has 0 saturated carbocycles. The molecular formula is C106H143Cl2IN22O3. The number of nitrogens with two attached hydrogens (primary N) is 3. The van der Waals surface area contributed by atoms with E-state index in [1.165, 1.54) is 89.5 Å². The van der Waals surface area contributed by atoms with Crippen LogP contribution >= 0.6 is 46.6 Å². The zero-order valence-corrected chi connectivity index (χ0v) is 88.6. The van der Waals surface area contributed by atoms with Gasteiger partial charge in [-0.2, -0.15) is 15.0 Å². The third-order valence-corrected chi connectivity index (χ3v) is 24.1. The van der Waals surface area contributed by atoms with Gasteiger partial charge in [-0.05, 0) is 325 Å². The number of carbonyl (C=O) groups excluding carboxylic acids is 2. The second-order valence-corrected chi connectivity index (χ2v) is 36.6. The van der Waals surface area contributed by atoms with E-state index in [4.69, 9.17) is 33.8 Å². The summed E-state index contributed by atoms with van der Waals surface area (Å²) in [5.74, 6) is 4.04. The van der Waals surface area contributed by atoms with Crippen LogP contribution in [0.2, 0.25) is 5.15 Å². The predicted octanol–water partition coefficient (Wildman–Crippen LogP) is 25.9. The van der Waals surface area contributed by atoms with Crippen LogP contribution in [0.15, 0.2) is 113 Å². The molecule has 12 aromatic rings. The number of nitrogens with one attached hydrogen (secondary N) is 8. The van der Waals surface area contributed by atoms with E-state index in [1.807, 2.05) is 96.1 Å². The van der Waals surface area contributed by atoms with Gasteiger partial charge in [-0.1, -0.05) is 177 Å². The number of hydrogen-bond acceptors (Lipinski definition) is 21. The van der Waals surface area contributed by atoms with Gasteiger partial charge < -0.3 is 54.4 Å². The molecule has 1 aliphatic heterocycles. The smallest absolute Gasteiger partial charge is 0.301 e. The first-order chi connectivity index (χ1) is 62.6. The van der Waals surface area contributed by atoms with Crippen molar-refractivity contribution in [1.82, 2.24) is 49.8 Å². The molecule has 0 radical (unpaired) electrons. The first-order valence-electron chi connectivity index (χ1n) is 45.6. The highest BCUT2D eigenvalue weighted by molar-refractivity contribution is 14.1. The van der Waals surface area contributed by atoms with Crippen molar-refractivity contribution in [2.45, 2.75) is 278 Å². The zero-order chi connectivity index (χ0) is 99.0. The first kappa shape index (κ1) is 111. The summed E-state index contributed by atoms with van der Waals surface area (Å²) in [6.45, 7) is 65.7. The number of H-pyrrole nitrogens is 1. The molecule has 7 aromatic carbocycles. The minimum atomic E-state index is -0.511. The molecular weight excluding hydrogens is 1830 g/mol. The number of ketones is 1. The van der Waals surface area contributed by atoms with Crippen LogP contribution in [0, 0.1) is 184 Å². The molecule has 25 nitrogen and oxygen atoms in total. The quantitative estimate of drug-likeness (QED) is 0.00750. The van der Waals surface area contributed by atoms with Gasteiger partial charge in [-0.3, -0.25) is 24.3 Å². The molecule has 14 N–H and O–H groups in total. The van der Waals surface area contributed by atoms with Crippen molar-refractivity contribution in [3.8, 4) is 0 Å². The number of halogens is 3. The number of nitrogens with zero attached hydrogens (tertiary/aromatic N) is 11. The number of guanidine groups is 1. The summed E-state index contributed by atoms with van der Waals surface area (Å²) in [4.78, 5) is 85.1. The Morgan fingerprint density at radius 3 is 1.08 bits per heavy atom. The molecule has 6 heterocycles. The van der Waals surface area contributed by atoms with Crippen LogP contribution in [-0.2, 0) is 4.79 Å². The molecule has 0 bridgehead atoms. The van der Waals surface area contributed by atoms with Crippen LogP contribution in [0.5, 0.6) is 0 Å². The minimum Gasteiger partial charge on any atom is -0.398 e. The summed E-state index contributed by atoms with van der Waals surface area (Å²) in [6, 6.07) is 35.7. The molecule has 0 atom stereocenters. The summed E-state index contributed by atoms with van der Waals surface area (Å²) in [5.41, 5.74) is 52.5. The molecule has 0 spiro atoms. The maximum absolute atomic E-state index is 12.6. The predicted molar refractivity (Wildman–Crippen MR) is 575 cm³/mol. The number of aliphatic imine (C=N–C) groups is 1. The lowest BCUT2D eigenvalue weighted by molar-refractivity contribution is -0.114. The number of Topliss-reactive ketones (excluding diaryl/α,β-unsaturated/α-hetero) is 1. The third-order valence-electron chi connectivity index (χ3n) is 22.7. The number of anilines is 14. The summed E-state index contributed by atoms with van der Waals surface area (Å²) < 4.78 is 1.09. The van der Waals surface area contributed by atoms with E-state index >= 15 is 0 Å². The molecule has 1 amide bonds. The summed E-state index contributed by atoms with van der Waals surface area (Å²) in [5, 5.41) is 24.0. The number of nitrogen functional groups attached to an aromatic ring is 1. The standard InChI is InChI=1S/C21H26N4O2.C19H27IN4.C19H28N4.C14H16ClN3.C14H17N3O.C10H15N3.C9H13N.ClH/c1-7-15(8-2)25-19-16(18(26)20(25)27)14(6)22-21(24-19)23-17-12(4)9-11(3)10-13(17)5;1-7-15(8-2)22-18-16(20)14(6)21-19(24-18)23-17-12(4)9-11(3)10-13(17)5;1-7-16(8-2)21-17-11-15(6)20-19(22-17)23-18-13(4)9-12(3)10-14(18)5;1-8-5-9(2)13(10(3)6-8)18-14-16-11(4)7-12(15)17-14;1-8-5-9(2)13(10(3)6-8)17-14-15-11(4)7-12(18)16-14;1-6-4-7(2)9(8(3)5-6)13-10(11)12;1-6-4-7(2)9(10)8(3)5-6;/h9-10,15H,7-8H2,1-6H3,(H,22,23,24);9-10,15H,7-8H2,1-6H3,(H2,21,22,23,24);9-11,16H,7-8H2,1-6H3,(H2,20,21,22,23);5-7H,1-4H3,(H,16,17,18);5-7H,1-4H3,(H2,15,16,17,18);4-5H,1-3H3,(H4,11,12,13);4-5H,10H2,1-3H3;1H. The van der Waals surface area contributed by atoms with Crippen molar-refractivity contribution in [2.24, 2.45) is 16.5 Å². The van der Waals surface area contributed by atoms with Crippen LogP contribution in [0.25, 0.3) is 0 Å². The van der Waals surface area contributed by atoms with E-state index in [2.05, 4.69) is 312 Å². The molecule has 5 aromatic heterocycles. The van der Waals surface area contributed by atoms with Gasteiger partial charge in [0.25, 0.3) is 11.3 Å². The Bertz CT molecular complexity index is 6050. The fourth-order valence-electron chi connectivity index (χ4n) is 16.5. The van der Waals surface area contributed by atoms with Crippen LogP contribution < -0.4 is 64.9 Å². The van der Waals surface area contributed by atoms with Gasteiger partial charge in [-0.15, -0.1) is 12.4 Å². The van der Waals surface area contributed by atoms with Gasteiger partial charge in [0, 0.05) is 81.5 Å². The topological polar surface area (TPSA) is 361 Å². The summed E-state index contributed by atoms with van der Waals surface area (Å²) in [6.07, 6.45) is 5.84. The second-order valence-electron chi connectivity index (χ2n) is 35.1. The Labute approximate surface area is 820 Å². The van der Waals surface area contributed by atoms with E-state index in [1.54, 1.807) is 24.8 Å². The lowest BCUT2D eigenvalue weighted by Crippen LogP contribution is -2.39. The molecule has 0 aliphatic carbocycles. The van der Waals surface area contributed by atoms with Gasteiger partial charge in [0.15, 0.2) is 11.8 Å². The van der Waals surface area contributed by atoms with Crippen LogP contribution in [0.4, 0.5) is 87.0 Å². The van der Waals surface area contributed by atoms with Crippen molar-refractivity contribution in [3.05, 3.63) is 273 Å². The zero-order valence-electron chi connectivity index (χ0n) is 84.8. The van der Waals surface area contributed by atoms with Gasteiger partial charge in [0.2, 0.25) is 29.7 Å². The van der Waals surface area contributed by atoms with E-state index < -0.39 is 11.7 Å². The fourth-order valence-corrected chi connectivity index (χ4v) is 17.1. The average molecular weight is 1970 g/mol. The monoisotopic (exact) mass is 1970 g/mol. The molecule has 1 aliphatic rings. The Morgan fingerprint density at radius 2 is 0.716 bits per heavy atom. The number of amides is 1. The largest absolute Gasteiger partial charge is 0.398 e. The minimum absolute atomic E-state index is 0. The molecule has 28 heteroatoms. The summed E-state index contributed by atoms with van der Waals surface area (Å²) >= 11 is 8.25. The normalized spacial score (nSPS) is 11.1. The number of rotatable bonds is 22. The van der Waals surface area contributed by atoms with Crippen LogP contribution in [0.3, 0.4) is 0 Å². The van der Waals surface area contributed by atoms with E-state index in [0.717, 1.165) is 144 Å².